The Morgan fingerprint density at radius 1 is 1.35 bits per heavy atom. The van der Waals surface area contributed by atoms with Crippen molar-refractivity contribution in [3.63, 3.8) is 0 Å². The highest BCUT2D eigenvalue weighted by atomic mass is 79.9. The van der Waals surface area contributed by atoms with Crippen LogP contribution in [0.3, 0.4) is 0 Å². The minimum Gasteiger partial charge on any atom is -1.00 e. The molecule has 20 heavy (non-hydrogen) atoms. The lowest BCUT2D eigenvalue weighted by molar-refractivity contribution is -0.0000128. The van der Waals surface area contributed by atoms with Gasteiger partial charge in [0.15, 0.2) is 10.9 Å². The minimum atomic E-state index is -0.453. The van der Waals surface area contributed by atoms with Gasteiger partial charge in [-0.15, -0.1) is 0 Å². The summed E-state index contributed by atoms with van der Waals surface area (Å²) in [5, 5.41) is 9.39. The summed E-state index contributed by atoms with van der Waals surface area (Å²) in [6.45, 7) is 0. The molecule has 0 radical (unpaired) electrons. The topological polar surface area (TPSA) is 83.0 Å². The standard InChI is InChI=1S/C12H9BrN2O3S.BrH/c13-8-3-1-7(2-4-8)9(16)6-19-12-14-10(17)5-11(18)15-12;/h1-5H,6H2,(H2,14,15,17,18);1H/p-1. The molecule has 106 valence electrons. The van der Waals surface area contributed by atoms with Gasteiger partial charge in [-0.1, -0.05) is 39.8 Å². The zero-order chi connectivity index (χ0) is 13.8. The molecule has 0 aliphatic carbocycles. The first-order valence-corrected chi connectivity index (χ1v) is 7.04. The molecule has 0 aliphatic heterocycles. The van der Waals surface area contributed by atoms with E-state index in [9.17, 15) is 14.7 Å². The van der Waals surface area contributed by atoms with Gasteiger partial charge >= 0.3 is 0 Å². The molecular formula is C12H9Br2N2O3S-. The fraction of sp³-hybridized carbons (Fsp3) is 0.0833. The summed E-state index contributed by atoms with van der Waals surface area (Å²) in [5.74, 6) is -0.306. The van der Waals surface area contributed by atoms with Gasteiger partial charge in [0, 0.05) is 10.0 Å². The van der Waals surface area contributed by atoms with E-state index >= 15 is 0 Å². The van der Waals surface area contributed by atoms with Crippen molar-refractivity contribution in [3.8, 4) is 5.88 Å². The maximum atomic E-state index is 11.9. The number of H-pyrrole nitrogens is 1. The highest BCUT2D eigenvalue weighted by Crippen LogP contribution is 2.17. The van der Waals surface area contributed by atoms with E-state index in [0.717, 1.165) is 22.3 Å². The van der Waals surface area contributed by atoms with Crippen LogP contribution in [0.4, 0.5) is 0 Å². The molecule has 1 heterocycles. The number of aromatic amines is 1. The second kappa shape index (κ2) is 7.61. The lowest BCUT2D eigenvalue weighted by Gasteiger charge is -2.01. The number of nitrogens with zero attached hydrogens (tertiary/aromatic N) is 1. The van der Waals surface area contributed by atoms with E-state index in [1.54, 1.807) is 24.3 Å². The summed E-state index contributed by atoms with van der Waals surface area (Å²) >= 11 is 4.36. The molecule has 0 aliphatic rings. The predicted molar refractivity (Wildman–Crippen MR) is 75.7 cm³/mol. The number of thioether (sulfide) groups is 1. The van der Waals surface area contributed by atoms with Gasteiger partial charge in [-0.25, -0.2) is 0 Å². The number of halogens is 2. The van der Waals surface area contributed by atoms with Gasteiger partial charge in [0.25, 0.3) is 5.56 Å². The third-order valence-electron chi connectivity index (χ3n) is 2.21. The quantitative estimate of drug-likeness (QED) is 0.385. The van der Waals surface area contributed by atoms with E-state index in [2.05, 4.69) is 25.9 Å². The molecule has 2 N–H and O–H groups in total. The highest BCUT2D eigenvalue weighted by molar-refractivity contribution is 9.10. The Bertz CT molecular complexity index is 658. The summed E-state index contributed by atoms with van der Waals surface area (Å²) in [7, 11) is 0. The van der Waals surface area contributed by atoms with Crippen LogP contribution in [-0.2, 0) is 0 Å². The van der Waals surface area contributed by atoms with Crippen molar-refractivity contribution in [2.24, 2.45) is 0 Å². The molecule has 0 saturated carbocycles. The SMILES string of the molecule is O=C(CSc1nc(O)cc(=O)[nH]1)c1ccc(Br)cc1.[Br-]. The first kappa shape index (κ1) is 16.9. The van der Waals surface area contributed by atoms with Crippen molar-refractivity contribution in [2.45, 2.75) is 5.16 Å². The lowest BCUT2D eigenvalue weighted by atomic mass is 10.2. The second-order valence-corrected chi connectivity index (χ2v) is 5.51. The largest absolute Gasteiger partial charge is 1.00 e. The highest BCUT2D eigenvalue weighted by Gasteiger charge is 2.08. The number of carbonyl (C=O) groups is 1. The minimum absolute atomic E-state index is 0. The third-order valence-corrected chi connectivity index (χ3v) is 3.61. The normalized spacial score (nSPS) is 9.85. The van der Waals surface area contributed by atoms with Gasteiger partial charge in [0.2, 0.25) is 5.88 Å². The molecule has 5 nitrogen and oxygen atoms in total. The Balaban J connectivity index is 0.00000200. The molecule has 0 spiro atoms. The van der Waals surface area contributed by atoms with E-state index in [4.69, 9.17) is 0 Å². The molecule has 2 rings (SSSR count). The van der Waals surface area contributed by atoms with E-state index in [1.807, 2.05) is 0 Å². The number of hydrogen-bond acceptors (Lipinski definition) is 5. The van der Waals surface area contributed by atoms with Crippen molar-refractivity contribution < 1.29 is 26.9 Å². The number of aromatic nitrogens is 2. The van der Waals surface area contributed by atoms with Crippen LogP contribution < -0.4 is 22.5 Å². The molecule has 1 aromatic heterocycles. The number of ketones is 1. The molecule has 0 fully saturated rings. The van der Waals surface area contributed by atoms with E-state index in [-0.39, 0.29) is 39.6 Å². The number of nitrogens with one attached hydrogen (secondary N) is 1. The number of rotatable bonds is 4. The third kappa shape index (κ3) is 4.77. The average molecular weight is 421 g/mol. The number of carbonyl (C=O) groups excluding carboxylic acids is 1. The van der Waals surface area contributed by atoms with Crippen LogP contribution in [-0.4, -0.2) is 26.6 Å². The molecule has 0 unspecified atom stereocenters. The van der Waals surface area contributed by atoms with E-state index < -0.39 is 5.56 Å². The van der Waals surface area contributed by atoms with Gasteiger partial charge in [-0.3, -0.25) is 9.59 Å². The summed E-state index contributed by atoms with van der Waals surface area (Å²) in [5.41, 5.74) is 0.129. The molecule has 1 aromatic carbocycles. The summed E-state index contributed by atoms with van der Waals surface area (Å²) in [4.78, 5) is 29.1. The molecule has 0 atom stereocenters. The average Bonchev–Trinajstić information content (AvgIpc) is 2.36. The smallest absolute Gasteiger partial charge is 0.255 e. The van der Waals surface area contributed by atoms with Gasteiger partial charge in [-0.05, 0) is 12.1 Å². The number of aromatic hydroxyl groups is 1. The van der Waals surface area contributed by atoms with E-state index in [1.165, 1.54) is 0 Å². The number of hydrogen-bond donors (Lipinski definition) is 2. The van der Waals surface area contributed by atoms with Crippen molar-refractivity contribution in [1.82, 2.24) is 9.97 Å². The monoisotopic (exact) mass is 419 g/mol. The van der Waals surface area contributed by atoms with Crippen LogP contribution in [0.1, 0.15) is 10.4 Å². The van der Waals surface area contributed by atoms with Gasteiger partial charge < -0.3 is 27.1 Å². The Morgan fingerprint density at radius 2 is 2.00 bits per heavy atom. The molecule has 8 heteroatoms. The second-order valence-electron chi connectivity index (χ2n) is 3.63. The Morgan fingerprint density at radius 3 is 2.60 bits per heavy atom. The van der Waals surface area contributed by atoms with Crippen molar-refractivity contribution in [1.29, 1.82) is 0 Å². The molecular weight excluding hydrogens is 412 g/mol. The lowest BCUT2D eigenvalue weighted by Crippen LogP contribution is -3.00. The van der Waals surface area contributed by atoms with E-state index in [0.29, 0.717) is 5.56 Å². The summed E-state index contributed by atoms with van der Waals surface area (Å²) in [6, 6.07) is 7.97. The molecule has 2 aromatic rings. The Labute approximate surface area is 137 Å². The van der Waals surface area contributed by atoms with Crippen LogP contribution >= 0.6 is 27.7 Å². The Kier molecular flexibility index (Phi) is 6.44. The Hall–Kier alpha value is -1.12. The van der Waals surface area contributed by atoms with Crippen LogP contribution in [0.2, 0.25) is 0 Å². The van der Waals surface area contributed by atoms with Gasteiger partial charge in [-0.2, -0.15) is 4.98 Å². The van der Waals surface area contributed by atoms with Gasteiger partial charge in [0.05, 0.1) is 11.8 Å². The first-order valence-electron chi connectivity index (χ1n) is 5.26. The number of benzene rings is 1. The van der Waals surface area contributed by atoms with Crippen LogP contribution in [0, 0.1) is 0 Å². The maximum absolute atomic E-state index is 11.9. The molecule has 0 amide bonds. The van der Waals surface area contributed by atoms with Crippen molar-refractivity contribution in [2.75, 3.05) is 5.75 Å². The fourth-order valence-corrected chi connectivity index (χ4v) is 2.37. The van der Waals surface area contributed by atoms with Crippen molar-refractivity contribution in [3.05, 3.63) is 50.7 Å². The van der Waals surface area contributed by atoms with Crippen LogP contribution in [0.15, 0.2) is 44.8 Å². The predicted octanol–water partition coefficient (Wildman–Crippen LogP) is -0.783. The summed E-state index contributed by atoms with van der Waals surface area (Å²) < 4.78 is 0.899. The zero-order valence-electron chi connectivity index (χ0n) is 9.97. The van der Waals surface area contributed by atoms with Crippen molar-refractivity contribution >= 4 is 33.5 Å². The summed E-state index contributed by atoms with van der Waals surface area (Å²) in [6.07, 6.45) is 0. The molecule has 0 saturated heterocycles. The van der Waals surface area contributed by atoms with Gasteiger partial charge in [0.1, 0.15) is 0 Å². The fourth-order valence-electron chi connectivity index (χ4n) is 1.34. The van der Waals surface area contributed by atoms with Crippen LogP contribution in [0.25, 0.3) is 0 Å². The van der Waals surface area contributed by atoms with Crippen LogP contribution in [0.5, 0.6) is 5.88 Å². The maximum Gasteiger partial charge on any atom is 0.255 e. The number of Topliss-reactive ketones (excluding diaryl/α,β-unsaturated/α-hetero) is 1. The first-order chi connectivity index (χ1) is 9.04. The molecule has 0 bridgehead atoms. The zero-order valence-corrected chi connectivity index (χ0v) is 14.0.